The van der Waals surface area contributed by atoms with Crippen LogP contribution in [0.1, 0.15) is 40.5 Å². The highest BCUT2D eigenvalue weighted by Gasteiger charge is 2.33. The molecule has 1 aliphatic heterocycles. The Kier molecular flexibility index (Phi) is 5.93. The summed E-state index contributed by atoms with van der Waals surface area (Å²) >= 11 is 1.81. The zero-order valence-electron chi connectivity index (χ0n) is 12.1. The third-order valence-electron chi connectivity index (χ3n) is 2.82. The van der Waals surface area contributed by atoms with E-state index in [0.717, 1.165) is 12.8 Å². The Morgan fingerprint density at radius 3 is 2.61 bits per heavy atom. The fourth-order valence-corrected chi connectivity index (χ4v) is 2.68. The summed E-state index contributed by atoms with van der Waals surface area (Å²) in [6.45, 7) is 8.41. The Labute approximate surface area is 114 Å². The lowest BCUT2D eigenvalue weighted by Gasteiger charge is -2.22. The first kappa shape index (κ1) is 16.2. The third-order valence-corrected chi connectivity index (χ3v) is 3.92. The zero-order valence-corrected chi connectivity index (χ0v) is 12.9. The lowest BCUT2D eigenvalue weighted by Crippen LogP contribution is -2.26. The molecule has 2 atom stereocenters. The summed E-state index contributed by atoms with van der Waals surface area (Å²) in [7, 11) is 0. The van der Waals surface area contributed by atoms with E-state index in [4.69, 9.17) is 14.2 Å². The summed E-state index contributed by atoms with van der Waals surface area (Å²) < 4.78 is 16.7. The van der Waals surface area contributed by atoms with Crippen LogP contribution in [0.25, 0.3) is 0 Å². The molecule has 0 aliphatic carbocycles. The Morgan fingerprint density at radius 2 is 2.17 bits per heavy atom. The van der Waals surface area contributed by atoms with Gasteiger partial charge in [0.15, 0.2) is 11.6 Å². The minimum Gasteiger partial charge on any atom is -0.366 e. The second-order valence-electron chi connectivity index (χ2n) is 5.63. The maximum atomic E-state index is 9.48. The Hall–Kier alpha value is 0.190. The highest BCUT2D eigenvalue weighted by molar-refractivity contribution is 7.99. The van der Waals surface area contributed by atoms with Crippen LogP contribution in [0.15, 0.2) is 0 Å². The van der Waals surface area contributed by atoms with Crippen LogP contribution in [0.4, 0.5) is 0 Å². The van der Waals surface area contributed by atoms with E-state index in [1.807, 2.05) is 25.6 Å². The summed E-state index contributed by atoms with van der Waals surface area (Å²) in [5.41, 5.74) is 0. The van der Waals surface area contributed by atoms with Crippen molar-refractivity contribution in [2.75, 3.05) is 19.5 Å². The lowest BCUT2D eigenvalue weighted by atomic mass is 10.1. The van der Waals surface area contributed by atoms with Crippen molar-refractivity contribution < 1.29 is 19.3 Å². The van der Waals surface area contributed by atoms with E-state index >= 15 is 0 Å². The number of thioether (sulfide) groups is 1. The van der Waals surface area contributed by atoms with Gasteiger partial charge in [-0.1, -0.05) is 0 Å². The highest BCUT2D eigenvalue weighted by atomic mass is 32.2. The van der Waals surface area contributed by atoms with E-state index in [9.17, 15) is 5.11 Å². The first-order chi connectivity index (χ1) is 8.22. The molecule has 0 spiro atoms. The SMILES string of the molecule is CSC(CCOC(C)(C)O)CC1COC(C)(C)O1. The van der Waals surface area contributed by atoms with Crippen molar-refractivity contribution >= 4 is 11.8 Å². The van der Waals surface area contributed by atoms with Crippen LogP contribution in [0.2, 0.25) is 0 Å². The van der Waals surface area contributed by atoms with Gasteiger partial charge in [-0.15, -0.1) is 0 Å². The molecule has 1 N–H and O–H groups in total. The molecular formula is C13H26O4S. The molecule has 0 bridgehead atoms. The summed E-state index contributed by atoms with van der Waals surface area (Å²) in [5, 5.41) is 9.95. The molecular weight excluding hydrogens is 252 g/mol. The fourth-order valence-electron chi connectivity index (χ4n) is 1.94. The van der Waals surface area contributed by atoms with Crippen molar-refractivity contribution in [3.63, 3.8) is 0 Å². The van der Waals surface area contributed by atoms with Gasteiger partial charge in [-0.2, -0.15) is 11.8 Å². The van der Waals surface area contributed by atoms with E-state index < -0.39 is 11.6 Å². The second kappa shape index (κ2) is 6.57. The topological polar surface area (TPSA) is 47.9 Å². The van der Waals surface area contributed by atoms with Gasteiger partial charge in [-0.3, -0.25) is 0 Å². The molecule has 1 fully saturated rings. The molecule has 1 aliphatic rings. The normalized spacial score (nSPS) is 25.3. The molecule has 108 valence electrons. The smallest absolute Gasteiger partial charge is 0.163 e. The van der Waals surface area contributed by atoms with Gasteiger partial charge in [0.2, 0.25) is 0 Å². The van der Waals surface area contributed by atoms with E-state index in [2.05, 4.69) is 6.26 Å². The van der Waals surface area contributed by atoms with Crippen LogP contribution in [-0.2, 0) is 14.2 Å². The lowest BCUT2D eigenvalue weighted by molar-refractivity contribution is -0.176. The van der Waals surface area contributed by atoms with Gasteiger partial charge in [0.05, 0.1) is 19.3 Å². The van der Waals surface area contributed by atoms with Crippen LogP contribution < -0.4 is 0 Å². The first-order valence-electron chi connectivity index (χ1n) is 6.43. The maximum absolute atomic E-state index is 9.48. The molecule has 0 aromatic rings. The van der Waals surface area contributed by atoms with E-state index in [1.54, 1.807) is 13.8 Å². The van der Waals surface area contributed by atoms with Crippen molar-refractivity contribution in [3.05, 3.63) is 0 Å². The maximum Gasteiger partial charge on any atom is 0.163 e. The third kappa shape index (κ3) is 6.38. The number of rotatable bonds is 7. The predicted octanol–water partition coefficient (Wildman–Crippen LogP) is 2.39. The minimum atomic E-state index is -1.04. The number of hydrogen-bond donors (Lipinski definition) is 1. The van der Waals surface area contributed by atoms with Crippen LogP contribution in [0.3, 0.4) is 0 Å². The molecule has 0 aromatic carbocycles. The van der Waals surface area contributed by atoms with Gasteiger partial charge < -0.3 is 19.3 Å². The Balaban J connectivity index is 2.26. The second-order valence-corrected chi connectivity index (χ2v) is 6.77. The Morgan fingerprint density at radius 1 is 1.50 bits per heavy atom. The average Bonchev–Trinajstić information content (AvgIpc) is 2.55. The van der Waals surface area contributed by atoms with Gasteiger partial charge >= 0.3 is 0 Å². The van der Waals surface area contributed by atoms with E-state index in [0.29, 0.717) is 18.5 Å². The van der Waals surface area contributed by atoms with Gasteiger partial charge in [-0.25, -0.2) is 0 Å². The van der Waals surface area contributed by atoms with Crippen LogP contribution >= 0.6 is 11.8 Å². The predicted molar refractivity (Wildman–Crippen MR) is 73.7 cm³/mol. The molecule has 2 unspecified atom stereocenters. The average molecular weight is 278 g/mol. The van der Waals surface area contributed by atoms with Crippen LogP contribution in [-0.4, -0.2) is 47.5 Å². The van der Waals surface area contributed by atoms with Crippen molar-refractivity contribution in [1.82, 2.24) is 0 Å². The minimum absolute atomic E-state index is 0.166. The van der Waals surface area contributed by atoms with Gasteiger partial charge in [0, 0.05) is 5.25 Å². The molecule has 1 saturated heterocycles. The van der Waals surface area contributed by atoms with E-state index in [1.165, 1.54) is 0 Å². The summed E-state index contributed by atoms with van der Waals surface area (Å²) in [6, 6.07) is 0. The number of hydrogen-bond acceptors (Lipinski definition) is 5. The summed E-state index contributed by atoms with van der Waals surface area (Å²) in [6.07, 6.45) is 4.13. The van der Waals surface area contributed by atoms with Gasteiger partial charge in [0.25, 0.3) is 0 Å². The zero-order chi connectivity index (χ0) is 13.8. The summed E-state index contributed by atoms with van der Waals surface area (Å²) in [5.74, 6) is -1.49. The van der Waals surface area contributed by atoms with Crippen molar-refractivity contribution in [1.29, 1.82) is 0 Å². The van der Waals surface area contributed by atoms with Crippen LogP contribution in [0.5, 0.6) is 0 Å². The number of aliphatic hydroxyl groups is 1. The molecule has 0 saturated carbocycles. The molecule has 18 heavy (non-hydrogen) atoms. The highest BCUT2D eigenvalue weighted by Crippen LogP contribution is 2.28. The number of ether oxygens (including phenoxy) is 3. The molecule has 1 rings (SSSR count). The quantitative estimate of drug-likeness (QED) is 0.725. The van der Waals surface area contributed by atoms with Crippen molar-refractivity contribution in [2.24, 2.45) is 0 Å². The fraction of sp³-hybridized carbons (Fsp3) is 1.00. The standard InChI is InChI=1S/C13H26O4S/c1-12(2,14)15-7-6-11(18-5)8-10-9-16-13(3,4)17-10/h10-11,14H,6-9H2,1-5H3. The van der Waals surface area contributed by atoms with Gasteiger partial charge in [-0.05, 0) is 46.8 Å². The van der Waals surface area contributed by atoms with E-state index in [-0.39, 0.29) is 6.10 Å². The monoisotopic (exact) mass is 278 g/mol. The largest absolute Gasteiger partial charge is 0.366 e. The molecule has 4 nitrogen and oxygen atoms in total. The molecule has 0 amide bonds. The molecule has 0 aromatic heterocycles. The van der Waals surface area contributed by atoms with Gasteiger partial charge in [0.1, 0.15) is 0 Å². The van der Waals surface area contributed by atoms with Crippen LogP contribution in [0, 0.1) is 0 Å². The Bertz CT molecular complexity index is 250. The van der Waals surface area contributed by atoms with Crippen molar-refractivity contribution in [3.8, 4) is 0 Å². The molecule has 5 heteroatoms. The summed E-state index contributed by atoms with van der Waals surface area (Å²) in [4.78, 5) is 0. The molecule has 0 radical (unpaired) electrons. The first-order valence-corrected chi connectivity index (χ1v) is 7.71. The van der Waals surface area contributed by atoms with Crippen molar-refractivity contribution in [2.45, 2.75) is 63.5 Å². The molecule has 1 heterocycles.